The Bertz CT molecular complexity index is 1170. The van der Waals surface area contributed by atoms with Crippen LogP contribution in [-0.2, 0) is 16.4 Å². The fraction of sp³-hybridized carbons (Fsp3) is 0.318. The molecule has 0 radical (unpaired) electrons. The second kappa shape index (κ2) is 11.4. The van der Waals surface area contributed by atoms with E-state index in [-0.39, 0.29) is 38.1 Å². The lowest BCUT2D eigenvalue weighted by atomic mass is 10.2. The van der Waals surface area contributed by atoms with Crippen molar-refractivity contribution in [2.24, 2.45) is 5.92 Å². The van der Waals surface area contributed by atoms with Crippen molar-refractivity contribution in [2.45, 2.75) is 29.4 Å². The van der Waals surface area contributed by atoms with Gasteiger partial charge in [-0.3, -0.25) is 0 Å². The van der Waals surface area contributed by atoms with Crippen LogP contribution in [0.1, 0.15) is 6.92 Å². The number of hydrogen-bond donors (Lipinski definition) is 1. The zero-order valence-corrected chi connectivity index (χ0v) is 20.8. The number of nitrogens with zero attached hydrogens (tertiary/aromatic N) is 2. The smallest absolute Gasteiger partial charge is 0.206 e. The molecule has 0 unspecified atom stereocenters. The fourth-order valence-electron chi connectivity index (χ4n) is 2.82. The Hall–Kier alpha value is -1.97. The highest BCUT2D eigenvalue weighted by molar-refractivity contribution is 7.91. The normalized spacial score (nSPS) is 13.5. The van der Waals surface area contributed by atoms with Crippen LogP contribution in [0.15, 0.2) is 64.9 Å². The first-order valence-electron chi connectivity index (χ1n) is 10.00. The topological polar surface area (TPSA) is 90.7 Å². The summed E-state index contributed by atoms with van der Waals surface area (Å²) in [7, 11) is -3.88. The number of halogens is 3. The molecule has 2 atom stereocenters. The van der Waals surface area contributed by atoms with Gasteiger partial charge in [-0.2, -0.15) is 0 Å². The van der Waals surface area contributed by atoms with Gasteiger partial charge in [0.05, 0.1) is 39.3 Å². The van der Waals surface area contributed by atoms with Crippen LogP contribution in [0.3, 0.4) is 0 Å². The van der Waals surface area contributed by atoms with Crippen molar-refractivity contribution in [1.82, 2.24) is 9.55 Å². The van der Waals surface area contributed by atoms with Crippen molar-refractivity contribution in [3.63, 3.8) is 0 Å². The Balaban J connectivity index is 1.69. The molecule has 0 aliphatic carbocycles. The highest BCUT2D eigenvalue weighted by atomic mass is 35.5. The van der Waals surface area contributed by atoms with Crippen LogP contribution in [0.2, 0.25) is 10.0 Å². The van der Waals surface area contributed by atoms with Crippen LogP contribution < -0.4 is 9.47 Å². The Morgan fingerprint density at radius 1 is 1.03 bits per heavy atom. The lowest BCUT2D eigenvalue weighted by Crippen LogP contribution is -2.23. The van der Waals surface area contributed by atoms with Gasteiger partial charge >= 0.3 is 0 Å². The fourth-order valence-corrected chi connectivity index (χ4v) is 4.82. The van der Waals surface area contributed by atoms with E-state index in [2.05, 4.69) is 4.98 Å². The zero-order valence-electron chi connectivity index (χ0n) is 17.7. The molecule has 7 nitrogen and oxygen atoms in total. The quantitative estimate of drug-likeness (QED) is 0.359. The summed E-state index contributed by atoms with van der Waals surface area (Å²) in [6.07, 6.45) is 4.12. The first-order chi connectivity index (χ1) is 15.7. The van der Waals surface area contributed by atoms with E-state index in [9.17, 15) is 13.5 Å². The molecular weight excluding hydrogens is 511 g/mol. The molecule has 3 aromatic rings. The number of benzene rings is 2. The molecule has 0 aliphatic rings. The number of ether oxygens (including phenoxy) is 2. The minimum absolute atomic E-state index is 0.00531. The third-order valence-corrected chi connectivity index (χ3v) is 7.49. The summed E-state index contributed by atoms with van der Waals surface area (Å²) >= 11 is 18.2. The van der Waals surface area contributed by atoms with Crippen LogP contribution in [0, 0.1) is 5.92 Å². The summed E-state index contributed by atoms with van der Waals surface area (Å²) in [5, 5.41) is 10.4. The van der Waals surface area contributed by atoms with Gasteiger partial charge in [0, 0.05) is 24.2 Å². The Labute approximate surface area is 207 Å². The van der Waals surface area contributed by atoms with Crippen molar-refractivity contribution in [2.75, 3.05) is 19.1 Å². The van der Waals surface area contributed by atoms with Crippen LogP contribution in [-0.4, -0.2) is 48.3 Å². The number of hydrogen-bond acceptors (Lipinski definition) is 6. The summed E-state index contributed by atoms with van der Waals surface area (Å²) in [5.74, 6) is 1.20. The van der Waals surface area contributed by atoms with Gasteiger partial charge in [0.1, 0.15) is 24.2 Å². The molecule has 0 amide bonds. The third-order valence-electron chi connectivity index (χ3n) is 4.63. The number of aliphatic hydroxyl groups is 1. The maximum Gasteiger partial charge on any atom is 0.206 e. The van der Waals surface area contributed by atoms with E-state index in [0.717, 1.165) is 0 Å². The third kappa shape index (κ3) is 6.77. The van der Waals surface area contributed by atoms with Crippen LogP contribution in [0.5, 0.6) is 11.5 Å². The zero-order chi connectivity index (χ0) is 24.0. The second-order valence-electron chi connectivity index (χ2n) is 7.48. The molecule has 0 spiro atoms. The molecule has 1 aromatic heterocycles. The summed E-state index contributed by atoms with van der Waals surface area (Å²) in [5.41, 5.74) is 0. The highest BCUT2D eigenvalue weighted by Crippen LogP contribution is 2.33. The average molecular weight is 534 g/mol. The highest BCUT2D eigenvalue weighted by Gasteiger charge is 2.21. The van der Waals surface area contributed by atoms with Gasteiger partial charge in [0.15, 0.2) is 0 Å². The predicted molar refractivity (Wildman–Crippen MR) is 127 cm³/mol. The van der Waals surface area contributed by atoms with Gasteiger partial charge in [-0.1, -0.05) is 30.1 Å². The molecule has 0 aliphatic heterocycles. The summed E-state index contributed by atoms with van der Waals surface area (Å²) in [6, 6.07) is 8.41. The number of aliphatic hydroxyl groups excluding tert-OH is 1. The number of sulfone groups is 1. The summed E-state index contributed by atoms with van der Waals surface area (Å²) < 4.78 is 39.0. The van der Waals surface area contributed by atoms with E-state index in [0.29, 0.717) is 24.8 Å². The molecule has 3 rings (SSSR count). The van der Waals surface area contributed by atoms with Crippen molar-refractivity contribution in [1.29, 1.82) is 0 Å². The molecule has 1 heterocycles. The molecule has 0 saturated heterocycles. The SMILES string of the molecule is C[C@@H](CCl)COc1ccc(S(=O)(=O)c2ccc(OC[C@@H](O)Cn3ccnc3)c(Cl)c2)cc1Cl. The molecular formula is C22H23Cl3N2O5S. The lowest BCUT2D eigenvalue weighted by molar-refractivity contribution is 0.0925. The summed E-state index contributed by atoms with van der Waals surface area (Å²) in [4.78, 5) is 3.90. The van der Waals surface area contributed by atoms with Crippen molar-refractivity contribution < 1.29 is 23.0 Å². The monoisotopic (exact) mass is 532 g/mol. The van der Waals surface area contributed by atoms with Crippen LogP contribution in [0.25, 0.3) is 0 Å². The molecule has 178 valence electrons. The average Bonchev–Trinajstić information content (AvgIpc) is 3.30. The largest absolute Gasteiger partial charge is 0.492 e. The minimum atomic E-state index is -3.88. The lowest BCUT2D eigenvalue weighted by Gasteiger charge is -2.15. The first kappa shape index (κ1) is 25.6. The van der Waals surface area contributed by atoms with E-state index in [4.69, 9.17) is 44.3 Å². The maximum atomic E-state index is 13.1. The molecule has 11 heteroatoms. The van der Waals surface area contributed by atoms with Gasteiger partial charge < -0.3 is 19.1 Å². The van der Waals surface area contributed by atoms with Crippen molar-refractivity contribution >= 4 is 44.6 Å². The van der Waals surface area contributed by atoms with E-state index >= 15 is 0 Å². The number of aromatic nitrogens is 2. The summed E-state index contributed by atoms with van der Waals surface area (Å²) in [6.45, 7) is 2.57. The van der Waals surface area contributed by atoms with E-state index in [1.54, 1.807) is 23.3 Å². The van der Waals surface area contributed by atoms with E-state index < -0.39 is 15.9 Å². The van der Waals surface area contributed by atoms with Gasteiger partial charge in [-0.25, -0.2) is 13.4 Å². The Kier molecular flexibility index (Phi) is 8.89. The van der Waals surface area contributed by atoms with Gasteiger partial charge in [0.25, 0.3) is 0 Å². The molecule has 2 aromatic carbocycles. The standard InChI is InChI=1S/C22H23Cl3N2O5S/c1-15(10-23)12-31-21-4-2-17(8-19(21)24)33(29,30)18-3-5-22(20(25)9-18)32-13-16(28)11-27-7-6-26-14-27/h2-9,14-16,28H,10-13H2,1H3/t15-,16-/m0/s1. The van der Waals surface area contributed by atoms with Crippen molar-refractivity contribution in [3.8, 4) is 11.5 Å². The minimum Gasteiger partial charge on any atom is -0.492 e. The molecule has 0 saturated carbocycles. The van der Waals surface area contributed by atoms with Crippen LogP contribution in [0.4, 0.5) is 0 Å². The predicted octanol–water partition coefficient (Wildman–Crippen LogP) is 4.72. The maximum absolute atomic E-state index is 13.1. The van der Waals surface area contributed by atoms with Gasteiger partial charge in [-0.05, 0) is 36.4 Å². The Morgan fingerprint density at radius 2 is 1.61 bits per heavy atom. The van der Waals surface area contributed by atoms with E-state index in [1.165, 1.54) is 36.4 Å². The Morgan fingerprint density at radius 3 is 2.09 bits per heavy atom. The van der Waals surface area contributed by atoms with Gasteiger partial charge in [-0.15, -0.1) is 11.6 Å². The van der Waals surface area contributed by atoms with E-state index in [1.807, 2.05) is 6.92 Å². The van der Waals surface area contributed by atoms with Gasteiger partial charge in [0.2, 0.25) is 9.84 Å². The number of imidazole rings is 1. The van der Waals surface area contributed by atoms with Crippen molar-refractivity contribution in [3.05, 3.63) is 65.2 Å². The molecule has 0 fully saturated rings. The first-order valence-corrected chi connectivity index (χ1v) is 12.8. The number of rotatable bonds is 11. The molecule has 0 bridgehead atoms. The molecule has 1 N–H and O–H groups in total. The number of alkyl halides is 1. The van der Waals surface area contributed by atoms with Crippen LogP contribution >= 0.6 is 34.8 Å². The molecule has 33 heavy (non-hydrogen) atoms. The second-order valence-corrected chi connectivity index (χ2v) is 10.6.